The smallest absolute Gasteiger partial charge is 0.263 e. The lowest BCUT2D eigenvalue weighted by molar-refractivity contribution is 0.112. The number of aldehydes is 1. The largest absolute Gasteiger partial charge is 0.493 e. The highest BCUT2D eigenvalue weighted by molar-refractivity contribution is 5.81. The molecule has 0 saturated carbocycles. The second kappa shape index (κ2) is 6.28. The highest BCUT2D eigenvalue weighted by Crippen LogP contribution is 2.32. The van der Waals surface area contributed by atoms with E-state index in [1.54, 1.807) is 30.3 Å². The summed E-state index contributed by atoms with van der Waals surface area (Å²) in [7, 11) is 0. The third kappa shape index (κ3) is 3.02. The van der Waals surface area contributed by atoms with Gasteiger partial charge in [-0.05, 0) is 30.7 Å². The first-order valence-corrected chi connectivity index (χ1v) is 6.26. The number of carbonyl (C=O) groups is 1. The van der Waals surface area contributed by atoms with Crippen LogP contribution >= 0.6 is 0 Å². The van der Waals surface area contributed by atoms with Crippen LogP contribution in [-0.2, 0) is 0 Å². The fourth-order valence-corrected chi connectivity index (χ4v) is 1.94. The Morgan fingerprint density at radius 3 is 2.40 bits per heavy atom. The van der Waals surface area contributed by atoms with E-state index in [0.29, 0.717) is 17.9 Å². The molecule has 2 aromatic rings. The Balaban J connectivity index is 2.45. The maximum atomic E-state index is 12.5. The molecule has 0 bridgehead atoms. The number of carbonyl (C=O) groups excluding carboxylic acids is 1. The van der Waals surface area contributed by atoms with Gasteiger partial charge < -0.3 is 4.74 Å². The van der Waals surface area contributed by atoms with Gasteiger partial charge in [-0.25, -0.2) is 8.78 Å². The first-order chi connectivity index (χ1) is 9.65. The third-order valence-electron chi connectivity index (χ3n) is 2.91. The summed E-state index contributed by atoms with van der Waals surface area (Å²) in [5, 5.41) is 0. The highest BCUT2D eigenvalue weighted by Gasteiger charge is 2.10. The molecule has 104 valence electrons. The molecule has 0 atom stereocenters. The number of rotatable bonds is 5. The van der Waals surface area contributed by atoms with Gasteiger partial charge in [0, 0.05) is 16.7 Å². The van der Waals surface area contributed by atoms with E-state index in [1.165, 1.54) is 12.1 Å². The molecular formula is C16H14F2O2. The number of benzene rings is 2. The average Bonchev–Trinajstić information content (AvgIpc) is 2.48. The fourth-order valence-electron chi connectivity index (χ4n) is 1.94. The van der Waals surface area contributed by atoms with Crippen LogP contribution in [0.25, 0.3) is 11.1 Å². The summed E-state index contributed by atoms with van der Waals surface area (Å²) < 4.78 is 30.6. The molecular weight excluding hydrogens is 262 g/mol. The summed E-state index contributed by atoms with van der Waals surface area (Å²) in [5.41, 5.74) is 1.94. The second-order valence-electron chi connectivity index (χ2n) is 4.23. The Kier molecular flexibility index (Phi) is 4.45. The third-order valence-corrected chi connectivity index (χ3v) is 2.91. The van der Waals surface area contributed by atoms with Crippen molar-refractivity contribution in [1.82, 2.24) is 0 Å². The number of alkyl halides is 2. The van der Waals surface area contributed by atoms with Crippen LogP contribution in [0.1, 0.15) is 29.3 Å². The predicted octanol–water partition coefficient (Wildman–Crippen LogP) is 4.50. The van der Waals surface area contributed by atoms with Crippen molar-refractivity contribution in [3.05, 3.63) is 53.6 Å². The molecule has 0 aliphatic rings. The molecule has 0 radical (unpaired) electrons. The number of halogens is 2. The molecule has 0 spiro atoms. The number of hydrogen-bond acceptors (Lipinski definition) is 2. The van der Waals surface area contributed by atoms with Crippen molar-refractivity contribution in [1.29, 1.82) is 0 Å². The van der Waals surface area contributed by atoms with E-state index in [2.05, 4.69) is 0 Å². The van der Waals surface area contributed by atoms with Crippen LogP contribution in [-0.4, -0.2) is 12.9 Å². The van der Waals surface area contributed by atoms with E-state index in [9.17, 15) is 13.6 Å². The Hall–Kier alpha value is -2.23. The molecule has 4 heteroatoms. The van der Waals surface area contributed by atoms with E-state index in [1.807, 2.05) is 6.92 Å². The Morgan fingerprint density at radius 2 is 1.85 bits per heavy atom. The van der Waals surface area contributed by atoms with E-state index in [-0.39, 0.29) is 5.56 Å². The zero-order chi connectivity index (χ0) is 14.5. The van der Waals surface area contributed by atoms with Crippen LogP contribution in [0.2, 0.25) is 0 Å². The SMILES string of the molecule is CCOc1ccc(C=O)cc1-c1ccc(C(F)F)cc1. The minimum atomic E-state index is -2.49. The second-order valence-corrected chi connectivity index (χ2v) is 4.23. The Labute approximate surface area is 116 Å². The van der Waals surface area contributed by atoms with Crippen molar-refractivity contribution >= 4 is 6.29 Å². The highest BCUT2D eigenvalue weighted by atomic mass is 19.3. The molecule has 0 amide bonds. The van der Waals surface area contributed by atoms with Gasteiger partial charge in [-0.3, -0.25) is 4.79 Å². The Bertz CT molecular complexity index is 592. The molecule has 0 saturated heterocycles. The molecule has 20 heavy (non-hydrogen) atoms. The van der Waals surface area contributed by atoms with Crippen molar-refractivity contribution in [2.75, 3.05) is 6.61 Å². The van der Waals surface area contributed by atoms with Gasteiger partial charge in [0.15, 0.2) is 0 Å². The zero-order valence-electron chi connectivity index (χ0n) is 11.0. The van der Waals surface area contributed by atoms with Crippen LogP contribution in [0, 0.1) is 0 Å². The van der Waals surface area contributed by atoms with E-state index in [0.717, 1.165) is 17.4 Å². The summed E-state index contributed by atoms with van der Waals surface area (Å²) in [4.78, 5) is 10.9. The van der Waals surface area contributed by atoms with E-state index < -0.39 is 6.43 Å². The van der Waals surface area contributed by atoms with Crippen molar-refractivity contribution in [2.24, 2.45) is 0 Å². The van der Waals surface area contributed by atoms with Gasteiger partial charge in [0.05, 0.1) is 6.61 Å². The maximum Gasteiger partial charge on any atom is 0.263 e. The summed E-state index contributed by atoms with van der Waals surface area (Å²) in [5.74, 6) is 0.628. The number of hydrogen-bond donors (Lipinski definition) is 0. The van der Waals surface area contributed by atoms with Crippen LogP contribution in [0.5, 0.6) is 5.75 Å². The van der Waals surface area contributed by atoms with Crippen molar-refractivity contribution in [2.45, 2.75) is 13.3 Å². The molecule has 0 heterocycles. The topological polar surface area (TPSA) is 26.3 Å². The minimum Gasteiger partial charge on any atom is -0.493 e. The zero-order valence-corrected chi connectivity index (χ0v) is 11.0. The molecule has 0 unspecified atom stereocenters. The lowest BCUT2D eigenvalue weighted by atomic mass is 10.0. The maximum absolute atomic E-state index is 12.5. The van der Waals surface area contributed by atoms with Crippen molar-refractivity contribution < 1.29 is 18.3 Å². The van der Waals surface area contributed by atoms with Crippen LogP contribution in [0.4, 0.5) is 8.78 Å². The monoisotopic (exact) mass is 276 g/mol. The van der Waals surface area contributed by atoms with Crippen LogP contribution < -0.4 is 4.74 Å². The molecule has 0 N–H and O–H groups in total. The van der Waals surface area contributed by atoms with Gasteiger partial charge in [-0.1, -0.05) is 24.3 Å². The van der Waals surface area contributed by atoms with Gasteiger partial charge >= 0.3 is 0 Å². The molecule has 2 aromatic carbocycles. The standard InChI is InChI=1S/C16H14F2O2/c1-2-20-15-8-3-11(10-19)9-14(15)12-4-6-13(7-5-12)16(17)18/h3-10,16H,2H2,1H3. The van der Waals surface area contributed by atoms with Gasteiger partial charge in [0.1, 0.15) is 12.0 Å². The van der Waals surface area contributed by atoms with Crippen molar-refractivity contribution in [3.8, 4) is 16.9 Å². The van der Waals surface area contributed by atoms with Gasteiger partial charge in [0.25, 0.3) is 6.43 Å². The lowest BCUT2D eigenvalue weighted by Gasteiger charge is -2.11. The average molecular weight is 276 g/mol. The molecule has 0 aromatic heterocycles. The molecule has 0 fully saturated rings. The first kappa shape index (κ1) is 14.2. The summed E-state index contributed by atoms with van der Waals surface area (Å²) in [6.45, 7) is 2.35. The van der Waals surface area contributed by atoms with E-state index in [4.69, 9.17) is 4.74 Å². The van der Waals surface area contributed by atoms with Gasteiger partial charge in [0.2, 0.25) is 0 Å². The quantitative estimate of drug-likeness (QED) is 0.751. The van der Waals surface area contributed by atoms with Crippen molar-refractivity contribution in [3.63, 3.8) is 0 Å². The first-order valence-electron chi connectivity index (χ1n) is 6.26. The minimum absolute atomic E-state index is 0.0294. The lowest BCUT2D eigenvalue weighted by Crippen LogP contribution is -1.95. The molecule has 2 nitrogen and oxygen atoms in total. The fraction of sp³-hybridized carbons (Fsp3) is 0.188. The molecule has 0 aliphatic carbocycles. The van der Waals surface area contributed by atoms with Crippen LogP contribution in [0.15, 0.2) is 42.5 Å². The van der Waals surface area contributed by atoms with Gasteiger partial charge in [-0.2, -0.15) is 0 Å². The summed E-state index contributed by atoms with van der Waals surface area (Å²) in [6.07, 6.45) is -1.75. The predicted molar refractivity (Wildman–Crippen MR) is 73.4 cm³/mol. The number of ether oxygens (including phenoxy) is 1. The normalized spacial score (nSPS) is 10.6. The van der Waals surface area contributed by atoms with Crippen LogP contribution in [0.3, 0.4) is 0 Å². The molecule has 2 rings (SSSR count). The van der Waals surface area contributed by atoms with Gasteiger partial charge in [-0.15, -0.1) is 0 Å². The van der Waals surface area contributed by atoms with E-state index >= 15 is 0 Å². The summed E-state index contributed by atoms with van der Waals surface area (Å²) >= 11 is 0. The molecule has 0 aliphatic heterocycles. The Morgan fingerprint density at radius 1 is 1.15 bits per heavy atom. The summed E-state index contributed by atoms with van der Waals surface area (Å²) in [6, 6.07) is 11.0.